The van der Waals surface area contributed by atoms with Crippen LogP contribution < -0.4 is 5.43 Å². The molecule has 0 saturated heterocycles. The zero-order valence-corrected chi connectivity index (χ0v) is 13.5. The van der Waals surface area contributed by atoms with E-state index in [1.54, 1.807) is 11.1 Å². The zero-order chi connectivity index (χ0) is 14.4. The maximum atomic E-state index is 4.51. The van der Waals surface area contributed by atoms with E-state index in [9.17, 15) is 0 Å². The molecule has 2 aliphatic carbocycles. The van der Waals surface area contributed by atoms with E-state index in [4.69, 9.17) is 0 Å². The topological polar surface area (TPSA) is 27.6 Å². The summed E-state index contributed by atoms with van der Waals surface area (Å²) in [5, 5.41) is 4.51. The molecular formula is C17H31N3. The van der Waals surface area contributed by atoms with Gasteiger partial charge in [0.05, 0.1) is 5.71 Å². The Balaban J connectivity index is 2.08. The van der Waals surface area contributed by atoms with E-state index in [1.807, 2.05) is 7.05 Å². The molecule has 3 nitrogen and oxygen atoms in total. The lowest BCUT2D eigenvalue weighted by molar-refractivity contribution is 0.179. The van der Waals surface area contributed by atoms with Gasteiger partial charge in [-0.05, 0) is 70.0 Å². The molecule has 0 spiro atoms. The van der Waals surface area contributed by atoms with Gasteiger partial charge in [0.25, 0.3) is 0 Å². The van der Waals surface area contributed by atoms with Crippen LogP contribution in [0.25, 0.3) is 0 Å². The number of nitrogens with zero attached hydrogens (tertiary/aromatic N) is 2. The lowest BCUT2D eigenvalue weighted by Crippen LogP contribution is -2.39. The molecule has 20 heavy (non-hydrogen) atoms. The van der Waals surface area contributed by atoms with Gasteiger partial charge in [-0.3, -0.25) is 0 Å². The van der Waals surface area contributed by atoms with Crippen molar-refractivity contribution in [3.05, 3.63) is 11.1 Å². The van der Waals surface area contributed by atoms with Gasteiger partial charge in [-0.25, -0.2) is 0 Å². The first-order valence-corrected chi connectivity index (χ1v) is 8.48. The van der Waals surface area contributed by atoms with Crippen molar-refractivity contribution in [3.8, 4) is 0 Å². The first kappa shape index (κ1) is 15.6. The van der Waals surface area contributed by atoms with Gasteiger partial charge in [-0.1, -0.05) is 19.4 Å². The molecule has 1 unspecified atom stereocenters. The molecule has 0 aromatic rings. The molecule has 0 amide bonds. The summed E-state index contributed by atoms with van der Waals surface area (Å²) in [7, 11) is 1.91. The maximum absolute atomic E-state index is 4.51. The van der Waals surface area contributed by atoms with E-state index < -0.39 is 0 Å². The Morgan fingerprint density at radius 3 is 2.55 bits per heavy atom. The van der Waals surface area contributed by atoms with Gasteiger partial charge < -0.3 is 10.3 Å². The number of hydrogen-bond acceptors (Lipinski definition) is 3. The second-order valence-electron chi connectivity index (χ2n) is 6.15. The standard InChI is InChI=1S/C17H31N3/c1-4-11-20(12-5-2)15-9-10-16-14(13-15)7-6-8-17(16)19-18-3/h15,18H,4-13H2,1-3H3/b19-17-. The quantitative estimate of drug-likeness (QED) is 0.749. The average Bonchev–Trinajstić information content (AvgIpc) is 2.47. The molecule has 0 saturated carbocycles. The molecule has 0 aromatic carbocycles. The molecular weight excluding hydrogens is 246 g/mol. The van der Waals surface area contributed by atoms with Gasteiger partial charge in [0.2, 0.25) is 0 Å². The summed E-state index contributed by atoms with van der Waals surface area (Å²) in [6, 6.07) is 0.780. The Kier molecular flexibility index (Phi) is 6.08. The SMILES string of the molecule is CCCN(CCC)C1CCC2=C(CCC/C2=N/NC)C1. The predicted molar refractivity (Wildman–Crippen MR) is 87.2 cm³/mol. The van der Waals surface area contributed by atoms with Crippen molar-refractivity contribution in [1.82, 2.24) is 10.3 Å². The van der Waals surface area contributed by atoms with Crippen LogP contribution in [0.4, 0.5) is 0 Å². The fourth-order valence-electron chi connectivity index (χ4n) is 3.84. The summed E-state index contributed by atoms with van der Waals surface area (Å²) in [4.78, 5) is 2.73. The lowest BCUT2D eigenvalue weighted by atomic mass is 9.78. The number of allylic oxidation sites excluding steroid dienone is 1. The molecule has 0 radical (unpaired) electrons. The van der Waals surface area contributed by atoms with Crippen LogP contribution in [0, 0.1) is 0 Å². The van der Waals surface area contributed by atoms with E-state index in [2.05, 4.69) is 29.3 Å². The molecule has 0 fully saturated rings. The van der Waals surface area contributed by atoms with Crippen molar-refractivity contribution in [1.29, 1.82) is 0 Å². The van der Waals surface area contributed by atoms with Crippen molar-refractivity contribution >= 4 is 5.71 Å². The van der Waals surface area contributed by atoms with Gasteiger partial charge in [0.1, 0.15) is 0 Å². The van der Waals surface area contributed by atoms with Crippen LogP contribution in [0.2, 0.25) is 0 Å². The number of rotatable bonds is 6. The Hall–Kier alpha value is -0.830. The summed E-state index contributed by atoms with van der Waals surface area (Å²) >= 11 is 0. The summed E-state index contributed by atoms with van der Waals surface area (Å²) < 4.78 is 0. The van der Waals surface area contributed by atoms with Crippen LogP contribution in [0.5, 0.6) is 0 Å². The summed E-state index contributed by atoms with van der Waals surface area (Å²) in [6.45, 7) is 7.13. The highest BCUT2D eigenvalue weighted by atomic mass is 15.3. The smallest absolute Gasteiger partial charge is 0.0634 e. The molecule has 2 aliphatic rings. The third-order valence-electron chi connectivity index (χ3n) is 4.66. The Labute approximate surface area is 124 Å². The summed E-state index contributed by atoms with van der Waals surface area (Å²) in [6.07, 6.45) is 10.2. The Bertz CT molecular complexity index is 364. The number of nitrogens with one attached hydrogen (secondary N) is 1. The van der Waals surface area contributed by atoms with Crippen LogP contribution in [0.15, 0.2) is 16.2 Å². The van der Waals surface area contributed by atoms with Crippen LogP contribution >= 0.6 is 0 Å². The van der Waals surface area contributed by atoms with Crippen LogP contribution in [-0.2, 0) is 0 Å². The molecule has 2 rings (SSSR count). The first-order valence-electron chi connectivity index (χ1n) is 8.48. The normalized spacial score (nSPS) is 25.2. The molecule has 0 bridgehead atoms. The third-order valence-corrected chi connectivity index (χ3v) is 4.66. The van der Waals surface area contributed by atoms with Gasteiger partial charge in [-0.2, -0.15) is 5.10 Å². The Morgan fingerprint density at radius 1 is 1.15 bits per heavy atom. The Morgan fingerprint density at radius 2 is 1.90 bits per heavy atom. The van der Waals surface area contributed by atoms with Gasteiger partial charge >= 0.3 is 0 Å². The van der Waals surface area contributed by atoms with Gasteiger partial charge in [0.15, 0.2) is 0 Å². The van der Waals surface area contributed by atoms with Crippen molar-refractivity contribution in [2.75, 3.05) is 20.1 Å². The van der Waals surface area contributed by atoms with E-state index in [1.165, 1.54) is 63.7 Å². The highest BCUT2D eigenvalue weighted by Crippen LogP contribution is 2.36. The van der Waals surface area contributed by atoms with E-state index in [0.29, 0.717) is 0 Å². The highest BCUT2D eigenvalue weighted by Gasteiger charge is 2.28. The second-order valence-corrected chi connectivity index (χ2v) is 6.15. The molecule has 114 valence electrons. The highest BCUT2D eigenvalue weighted by molar-refractivity contribution is 6.01. The molecule has 3 heteroatoms. The van der Waals surface area contributed by atoms with Crippen LogP contribution in [-0.4, -0.2) is 36.8 Å². The van der Waals surface area contributed by atoms with E-state index >= 15 is 0 Å². The minimum absolute atomic E-state index is 0.780. The summed E-state index contributed by atoms with van der Waals surface area (Å²) in [5.41, 5.74) is 7.63. The van der Waals surface area contributed by atoms with E-state index in [0.717, 1.165) is 12.5 Å². The van der Waals surface area contributed by atoms with Crippen LogP contribution in [0.1, 0.15) is 65.2 Å². The minimum atomic E-state index is 0.780. The molecule has 1 N–H and O–H groups in total. The molecule has 1 atom stereocenters. The van der Waals surface area contributed by atoms with Gasteiger partial charge in [0, 0.05) is 13.1 Å². The third kappa shape index (κ3) is 3.63. The van der Waals surface area contributed by atoms with Crippen molar-refractivity contribution < 1.29 is 0 Å². The summed E-state index contributed by atoms with van der Waals surface area (Å²) in [5.74, 6) is 0. The molecule has 0 aromatic heterocycles. The lowest BCUT2D eigenvalue weighted by Gasteiger charge is -2.37. The van der Waals surface area contributed by atoms with Crippen molar-refractivity contribution in [2.24, 2.45) is 5.10 Å². The second kappa shape index (κ2) is 7.82. The average molecular weight is 277 g/mol. The fraction of sp³-hybridized carbons (Fsp3) is 0.824. The largest absolute Gasteiger partial charge is 0.313 e. The first-order chi connectivity index (χ1) is 9.80. The zero-order valence-electron chi connectivity index (χ0n) is 13.5. The maximum Gasteiger partial charge on any atom is 0.0634 e. The fourth-order valence-corrected chi connectivity index (χ4v) is 3.84. The minimum Gasteiger partial charge on any atom is -0.313 e. The van der Waals surface area contributed by atoms with Crippen LogP contribution in [0.3, 0.4) is 0 Å². The molecule has 0 heterocycles. The predicted octanol–water partition coefficient (Wildman–Crippen LogP) is 3.72. The van der Waals surface area contributed by atoms with Crippen molar-refractivity contribution in [3.63, 3.8) is 0 Å². The van der Waals surface area contributed by atoms with Crippen molar-refractivity contribution in [2.45, 2.75) is 71.3 Å². The molecule has 0 aliphatic heterocycles. The monoisotopic (exact) mass is 277 g/mol. The number of hydrazone groups is 1. The van der Waals surface area contributed by atoms with E-state index in [-0.39, 0.29) is 0 Å². The number of hydrogen-bond donors (Lipinski definition) is 1. The van der Waals surface area contributed by atoms with Gasteiger partial charge in [-0.15, -0.1) is 0 Å².